The van der Waals surface area contributed by atoms with Gasteiger partial charge >= 0.3 is 0 Å². The molecule has 7 heteroatoms. The minimum Gasteiger partial charge on any atom is -0.389 e. The van der Waals surface area contributed by atoms with Crippen LogP contribution in [-0.2, 0) is 4.74 Å². The van der Waals surface area contributed by atoms with Gasteiger partial charge in [-0.3, -0.25) is 4.90 Å². The van der Waals surface area contributed by atoms with Crippen molar-refractivity contribution in [3.63, 3.8) is 0 Å². The summed E-state index contributed by atoms with van der Waals surface area (Å²) in [6.07, 6.45) is 0.0922. The molecular formula is C16H29F2N3O2. The highest BCUT2D eigenvalue weighted by molar-refractivity contribution is 4.94. The summed E-state index contributed by atoms with van der Waals surface area (Å²) in [6, 6.07) is -0.0653. The molecule has 2 saturated heterocycles. The summed E-state index contributed by atoms with van der Waals surface area (Å²) in [6.45, 7) is 5.29. The third-order valence-corrected chi connectivity index (χ3v) is 5.48. The topological polar surface area (TPSA) is 48.0 Å². The molecule has 3 fully saturated rings. The summed E-state index contributed by atoms with van der Waals surface area (Å²) < 4.78 is 32.2. The minimum absolute atomic E-state index is 0.0565. The Labute approximate surface area is 137 Å². The molecule has 1 saturated carbocycles. The number of piperazine rings is 1. The van der Waals surface area contributed by atoms with Crippen molar-refractivity contribution in [1.29, 1.82) is 0 Å². The lowest BCUT2D eigenvalue weighted by Gasteiger charge is -2.34. The first-order valence-electron chi connectivity index (χ1n) is 8.77. The van der Waals surface area contributed by atoms with Crippen LogP contribution in [-0.4, -0.2) is 91.5 Å². The first kappa shape index (κ1) is 17.5. The van der Waals surface area contributed by atoms with E-state index in [0.717, 1.165) is 32.7 Å². The van der Waals surface area contributed by atoms with Crippen molar-refractivity contribution in [2.45, 2.75) is 55.9 Å². The van der Waals surface area contributed by atoms with Crippen LogP contribution in [0, 0.1) is 0 Å². The van der Waals surface area contributed by atoms with Gasteiger partial charge in [0.1, 0.15) is 0 Å². The fourth-order valence-corrected chi connectivity index (χ4v) is 3.79. The lowest BCUT2D eigenvalue weighted by atomic mass is 9.91. The number of halogens is 2. The van der Waals surface area contributed by atoms with Gasteiger partial charge in [0, 0.05) is 51.6 Å². The molecule has 3 unspecified atom stereocenters. The van der Waals surface area contributed by atoms with Gasteiger partial charge in [-0.2, -0.15) is 0 Å². The highest BCUT2D eigenvalue weighted by atomic mass is 19.3. The highest BCUT2D eigenvalue weighted by Gasteiger charge is 2.40. The van der Waals surface area contributed by atoms with Gasteiger partial charge in [-0.15, -0.1) is 0 Å². The van der Waals surface area contributed by atoms with Crippen LogP contribution in [0.5, 0.6) is 0 Å². The summed E-state index contributed by atoms with van der Waals surface area (Å²) in [5.74, 6) is -2.51. The van der Waals surface area contributed by atoms with Gasteiger partial charge in [-0.25, -0.2) is 8.78 Å². The third kappa shape index (κ3) is 4.60. The van der Waals surface area contributed by atoms with Gasteiger partial charge in [-0.05, 0) is 19.9 Å². The number of nitrogens with zero attached hydrogens (tertiary/aromatic N) is 2. The Hall–Kier alpha value is -0.340. The molecule has 2 N–H and O–H groups in total. The van der Waals surface area contributed by atoms with Crippen LogP contribution in [0.2, 0.25) is 0 Å². The van der Waals surface area contributed by atoms with Crippen molar-refractivity contribution < 1.29 is 18.6 Å². The maximum absolute atomic E-state index is 13.2. The van der Waals surface area contributed by atoms with Crippen molar-refractivity contribution in [3.05, 3.63) is 0 Å². The van der Waals surface area contributed by atoms with Gasteiger partial charge in [0.2, 0.25) is 5.92 Å². The Morgan fingerprint density at radius 1 is 1.17 bits per heavy atom. The number of rotatable bonds is 4. The van der Waals surface area contributed by atoms with Crippen LogP contribution < -0.4 is 5.32 Å². The number of hydrogen-bond donors (Lipinski definition) is 2. The number of alkyl halides is 2. The van der Waals surface area contributed by atoms with Crippen molar-refractivity contribution >= 4 is 0 Å². The fraction of sp³-hybridized carbons (Fsp3) is 1.00. The SMILES string of the molecule is CN1CCN(CC2OCC(NC3CCC(F)(F)CC3)C2O)CC1. The van der Waals surface area contributed by atoms with E-state index in [0.29, 0.717) is 19.4 Å². The summed E-state index contributed by atoms with van der Waals surface area (Å²) in [7, 11) is 2.12. The second-order valence-corrected chi connectivity index (χ2v) is 7.37. The Morgan fingerprint density at radius 2 is 1.83 bits per heavy atom. The lowest BCUT2D eigenvalue weighted by Crippen LogP contribution is -2.51. The molecule has 2 heterocycles. The van der Waals surface area contributed by atoms with E-state index >= 15 is 0 Å². The average Bonchev–Trinajstić information content (AvgIpc) is 2.85. The first-order valence-corrected chi connectivity index (χ1v) is 8.77. The van der Waals surface area contributed by atoms with Gasteiger partial charge in [0.25, 0.3) is 0 Å². The monoisotopic (exact) mass is 333 g/mol. The molecular weight excluding hydrogens is 304 g/mol. The van der Waals surface area contributed by atoms with Gasteiger partial charge in [0.15, 0.2) is 0 Å². The maximum atomic E-state index is 13.2. The average molecular weight is 333 g/mol. The van der Waals surface area contributed by atoms with Gasteiger partial charge in [-0.1, -0.05) is 0 Å². The van der Waals surface area contributed by atoms with Crippen molar-refractivity contribution in [2.75, 3.05) is 46.4 Å². The molecule has 5 nitrogen and oxygen atoms in total. The van der Waals surface area contributed by atoms with E-state index < -0.39 is 12.0 Å². The van der Waals surface area contributed by atoms with Crippen LogP contribution >= 0.6 is 0 Å². The number of likely N-dealkylation sites (N-methyl/N-ethyl adjacent to an activating group) is 1. The largest absolute Gasteiger partial charge is 0.389 e. The van der Waals surface area contributed by atoms with Crippen LogP contribution in [0.3, 0.4) is 0 Å². The number of nitrogens with one attached hydrogen (secondary N) is 1. The Morgan fingerprint density at radius 3 is 2.48 bits per heavy atom. The second kappa shape index (κ2) is 7.27. The van der Waals surface area contributed by atoms with E-state index in [2.05, 4.69) is 22.2 Å². The Balaban J connectivity index is 1.43. The molecule has 0 aromatic heterocycles. The molecule has 3 rings (SSSR count). The first-order chi connectivity index (χ1) is 10.9. The summed E-state index contributed by atoms with van der Waals surface area (Å²) in [5, 5.41) is 13.8. The minimum atomic E-state index is -2.51. The number of aliphatic hydroxyl groups excluding tert-OH is 1. The van der Waals surface area contributed by atoms with Crippen LogP contribution in [0.25, 0.3) is 0 Å². The highest BCUT2D eigenvalue weighted by Crippen LogP contribution is 2.33. The van der Waals surface area contributed by atoms with E-state index in [1.54, 1.807) is 0 Å². The van der Waals surface area contributed by atoms with Crippen molar-refractivity contribution in [3.8, 4) is 0 Å². The van der Waals surface area contributed by atoms with Crippen LogP contribution in [0.4, 0.5) is 8.78 Å². The predicted molar refractivity (Wildman–Crippen MR) is 83.8 cm³/mol. The Bertz CT molecular complexity index is 382. The molecule has 134 valence electrons. The maximum Gasteiger partial charge on any atom is 0.248 e. The number of ether oxygens (including phenoxy) is 1. The van der Waals surface area contributed by atoms with Crippen molar-refractivity contribution in [2.24, 2.45) is 0 Å². The standard InChI is InChI=1S/C16H29F2N3O2/c1-20-6-8-21(9-7-20)10-14-15(22)13(11-23-14)19-12-2-4-16(17,18)5-3-12/h12-15,19,22H,2-11H2,1H3. The third-order valence-electron chi connectivity index (χ3n) is 5.48. The predicted octanol–water partition coefficient (Wildman–Crippen LogP) is 0.530. The zero-order chi connectivity index (χ0) is 16.4. The van der Waals surface area contributed by atoms with E-state index in [4.69, 9.17) is 4.74 Å². The normalized spacial score (nSPS) is 37.3. The molecule has 0 amide bonds. The zero-order valence-corrected chi connectivity index (χ0v) is 13.9. The van der Waals surface area contributed by atoms with Gasteiger partial charge < -0.3 is 20.1 Å². The van der Waals surface area contributed by atoms with E-state index in [-0.39, 0.29) is 31.0 Å². The molecule has 23 heavy (non-hydrogen) atoms. The molecule has 0 bridgehead atoms. The second-order valence-electron chi connectivity index (χ2n) is 7.37. The fourth-order valence-electron chi connectivity index (χ4n) is 3.79. The summed E-state index contributed by atoms with van der Waals surface area (Å²) >= 11 is 0. The molecule has 0 radical (unpaired) electrons. The Kier molecular flexibility index (Phi) is 5.53. The van der Waals surface area contributed by atoms with Gasteiger partial charge in [0.05, 0.1) is 24.9 Å². The summed E-state index contributed by atoms with van der Waals surface area (Å²) in [5.41, 5.74) is 0. The summed E-state index contributed by atoms with van der Waals surface area (Å²) in [4.78, 5) is 4.63. The zero-order valence-electron chi connectivity index (χ0n) is 13.9. The van der Waals surface area contributed by atoms with Crippen LogP contribution in [0.1, 0.15) is 25.7 Å². The molecule has 1 aliphatic carbocycles. The molecule has 3 aliphatic rings. The molecule has 0 aromatic carbocycles. The molecule has 0 spiro atoms. The van der Waals surface area contributed by atoms with Crippen molar-refractivity contribution in [1.82, 2.24) is 15.1 Å². The molecule has 0 aromatic rings. The quantitative estimate of drug-likeness (QED) is 0.786. The molecule has 3 atom stereocenters. The van der Waals surface area contributed by atoms with E-state index in [1.165, 1.54) is 0 Å². The number of hydrogen-bond acceptors (Lipinski definition) is 5. The van der Waals surface area contributed by atoms with E-state index in [1.807, 2.05) is 0 Å². The smallest absolute Gasteiger partial charge is 0.248 e. The van der Waals surface area contributed by atoms with Crippen LogP contribution in [0.15, 0.2) is 0 Å². The molecule has 2 aliphatic heterocycles. The lowest BCUT2D eigenvalue weighted by molar-refractivity contribution is -0.0422. The number of aliphatic hydroxyl groups is 1. The van der Waals surface area contributed by atoms with E-state index in [9.17, 15) is 13.9 Å².